The fourth-order valence-electron chi connectivity index (χ4n) is 1.73. The molecule has 0 saturated heterocycles. The Hall–Kier alpha value is -0.750. The van der Waals surface area contributed by atoms with Crippen LogP contribution in [0.1, 0.15) is 24.7 Å². The van der Waals surface area contributed by atoms with Crippen molar-refractivity contribution in [3.05, 3.63) is 11.4 Å². The van der Waals surface area contributed by atoms with Crippen LogP contribution < -0.4 is 4.74 Å². The van der Waals surface area contributed by atoms with Crippen LogP contribution in [0.2, 0.25) is 0 Å². The second kappa shape index (κ2) is 5.93. The summed E-state index contributed by atoms with van der Waals surface area (Å²) in [5, 5.41) is 4.24. The number of nitrogens with zero attached hydrogens (tertiary/aromatic N) is 2. The second-order valence-electron chi connectivity index (χ2n) is 4.41. The van der Waals surface area contributed by atoms with E-state index in [1.165, 1.54) is 0 Å². The lowest BCUT2D eigenvalue weighted by Gasteiger charge is -2.14. The van der Waals surface area contributed by atoms with Crippen molar-refractivity contribution in [3.63, 3.8) is 0 Å². The van der Waals surface area contributed by atoms with Gasteiger partial charge in [0.05, 0.1) is 18.1 Å². The molecule has 0 aliphatic rings. The molecule has 0 aliphatic carbocycles. The first-order valence-electron chi connectivity index (χ1n) is 5.80. The van der Waals surface area contributed by atoms with Crippen molar-refractivity contribution in [1.82, 2.24) is 9.78 Å². The summed E-state index contributed by atoms with van der Waals surface area (Å²) in [6, 6.07) is 0. The molecule has 1 heterocycles. The first-order chi connectivity index (χ1) is 8.24. The van der Waals surface area contributed by atoms with Crippen molar-refractivity contribution < 1.29 is 13.2 Å². The van der Waals surface area contributed by atoms with Gasteiger partial charge in [0.2, 0.25) is 9.05 Å². The molecule has 0 spiro atoms. The van der Waals surface area contributed by atoms with Gasteiger partial charge in [-0.15, -0.1) is 0 Å². The highest BCUT2D eigenvalue weighted by Gasteiger charge is 2.18. The Bertz CT molecular complexity index is 511. The van der Waals surface area contributed by atoms with E-state index in [9.17, 15) is 8.42 Å². The van der Waals surface area contributed by atoms with Crippen molar-refractivity contribution in [3.8, 4) is 5.75 Å². The largest absolute Gasteiger partial charge is 0.489 e. The van der Waals surface area contributed by atoms with E-state index < -0.39 is 9.05 Å². The van der Waals surface area contributed by atoms with E-state index in [-0.39, 0.29) is 11.7 Å². The van der Waals surface area contributed by atoms with Gasteiger partial charge in [-0.1, -0.05) is 6.92 Å². The van der Waals surface area contributed by atoms with Crippen LogP contribution in [-0.2, 0) is 16.1 Å². The third-order valence-corrected chi connectivity index (χ3v) is 4.17. The van der Waals surface area contributed by atoms with Crippen LogP contribution in [0.15, 0.2) is 0 Å². The first-order valence-corrected chi connectivity index (χ1v) is 8.27. The van der Waals surface area contributed by atoms with Gasteiger partial charge in [-0.3, -0.25) is 4.68 Å². The van der Waals surface area contributed by atoms with E-state index in [0.29, 0.717) is 13.0 Å². The summed E-state index contributed by atoms with van der Waals surface area (Å²) in [6.45, 7) is 6.02. The SMILES string of the molecule is CCC(COc1c(C)nn(C)c1C)CS(=O)(=O)Cl. The van der Waals surface area contributed by atoms with Crippen LogP contribution in [0.3, 0.4) is 0 Å². The zero-order valence-electron chi connectivity index (χ0n) is 11.1. The summed E-state index contributed by atoms with van der Waals surface area (Å²) in [7, 11) is 3.61. The molecule has 7 heteroatoms. The number of hydrogen-bond donors (Lipinski definition) is 0. The van der Waals surface area contributed by atoms with E-state index >= 15 is 0 Å². The normalized spacial score (nSPS) is 13.6. The standard InChI is InChI=1S/C11H19ClN2O3S/c1-5-10(7-18(12,15)16)6-17-11-8(2)13-14(4)9(11)3/h10H,5-7H2,1-4H3. The van der Waals surface area contributed by atoms with Gasteiger partial charge in [-0.05, 0) is 20.3 Å². The van der Waals surface area contributed by atoms with Crippen LogP contribution in [0.5, 0.6) is 5.75 Å². The van der Waals surface area contributed by atoms with Crippen LogP contribution in [-0.4, -0.2) is 30.6 Å². The molecule has 0 fully saturated rings. The topological polar surface area (TPSA) is 61.2 Å². The molecular weight excluding hydrogens is 276 g/mol. The van der Waals surface area contributed by atoms with Crippen molar-refractivity contribution in [2.75, 3.05) is 12.4 Å². The zero-order chi connectivity index (χ0) is 13.9. The predicted molar refractivity (Wildman–Crippen MR) is 71.6 cm³/mol. The maximum absolute atomic E-state index is 11.0. The quantitative estimate of drug-likeness (QED) is 0.753. The Labute approximate surface area is 113 Å². The highest BCUT2D eigenvalue weighted by atomic mass is 35.7. The van der Waals surface area contributed by atoms with Gasteiger partial charge < -0.3 is 4.74 Å². The smallest absolute Gasteiger partial charge is 0.232 e. The van der Waals surface area contributed by atoms with Gasteiger partial charge in [0.25, 0.3) is 0 Å². The molecule has 1 aromatic heterocycles. The summed E-state index contributed by atoms with van der Waals surface area (Å²) < 4.78 is 29.5. The number of hydrogen-bond acceptors (Lipinski definition) is 4. The van der Waals surface area contributed by atoms with Gasteiger partial charge in [0.15, 0.2) is 5.75 Å². The predicted octanol–water partition coefficient (Wildman–Crippen LogP) is 2.01. The van der Waals surface area contributed by atoms with E-state index in [1.54, 1.807) is 4.68 Å². The minimum absolute atomic E-state index is 0.0661. The lowest BCUT2D eigenvalue weighted by molar-refractivity contribution is 0.255. The van der Waals surface area contributed by atoms with Crippen molar-refractivity contribution in [2.24, 2.45) is 13.0 Å². The molecule has 0 bridgehead atoms. The average Bonchev–Trinajstić information content (AvgIpc) is 2.47. The summed E-state index contributed by atoms with van der Waals surface area (Å²) in [5.41, 5.74) is 1.73. The monoisotopic (exact) mass is 294 g/mol. The third-order valence-electron chi connectivity index (χ3n) is 2.92. The lowest BCUT2D eigenvalue weighted by atomic mass is 10.1. The third kappa shape index (κ3) is 4.17. The molecule has 0 amide bonds. The number of rotatable bonds is 6. The second-order valence-corrected chi connectivity index (χ2v) is 7.24. The van der Waals surface area contributed by atoms with Crippen LogP contribution in [0.25, 0.3) is 0 Å². The first kappa shape index (κ1) is 15.3. The van der Waals surface area contributed by atoms with Crippen molar-refractivity contribution in [2.45, 2.75) is 27.2 Å². The Kier molecular flexibility index (Phi) is 5.04. The zero-order valence-corrected chi connectivity index (χ0v) is 12.7. The molecule has 1 rings (SSSR count). The average molecular weight is 295 g/mol. The number of aryl methyl sites for hydroxylation is 2. The summed E-state index contributed by atoms with van der Waals surface area (Å²) >= 11 is 0. The Balaban J connectivity index is 2.68. The van der Waals surface area contributed by atoms with Gasteiger partial charge in [0, 0.05) is 23.6 Å². The highest BCUT2D eigenvalue weighted by molar-refractivity contribution is 8.13. The molecule has 5 nitrogen and oxygen atoms in total. The van der Waals surface area contributed by atoms with E-state index in [2.05, 4.69) is 5.10 Å². The Morgan fingerprint density at radius 1 is 1.44 bits per heavy atom. The molecule has 104 valence electrons. The molecule has 0 N–H and O–H groups in total. The fourth-order valence-corrected chi connectivity index (χ4v) is 3.16. The number of halogens is 1. The molecule has 1 unspecified atom stereocenters. The van der Waals surface area contributed by atoms with E-state index in [4.69, 9.17) is 15.4 Å². The fraction of sp³-hybridized carbons (Fsp3) is 0.727. The van der Waals surface area contributed by atoms with E-state index in [1.807, 2.05) is 27.8 Å². The minimum Gasteiger partial charge on any atom is -0.489 e. The summed E-state index contributed by atoms with van der Waals surface area (Å²) in [6.07, 6.45) is 0.699. The molecule has 1 aromatic rings. The van der Waals surface area contributed by atoms with Crippen LogP contribution in [0.4, 0.5) is 0 Å². The summed E-state index contributed by atoms with van der Waals surface area (Å²) in [4.78, 5) is 0. The highest BCUT2D eigenvalue weighted by Crippen LogP contribution is 2.22. The van der Waals surface area contributed by atoms with E-state index in [0.717, 1.165) is 17.1 Å². The molecule has 1 atom stereocenters. The minimum atomic E-state index is -3.48. The maximum Gasteiger partial charge on any atom is 0.232 e. The van der Waals surface area contributed by atoms with Gasteiger partial charge in [-0.2, -0.15) is 5.10 Å². The lowest BCUT2D eigenvalue weighted by Crippen LogP contribution is -2.19. The number of aromatic nitrogens is 2. The Morgan fingerprint density at radius 2 is 2.06 bits per heavy atom. The molecule has 0 radical (unpaired) electrons. The van der Waals surface area contributed by atoms with Crippen LogP contribution >= 0.6 is 10.7 Å². The van der Waals surface area contributed by atoms with Gasteiger partial charge >= 0.3 is 0 Å². The molecule has 0 aliphatic heterocycles. The van der Waals surface area contributed by atoms with Crippen molar-refractivity contribution >= 4 is 19.7 Å². The number of ether oxygens (including phenoxy) is 1. The maximum atomic E-state index is 11.0. The van der Waals surface area contributed by atoms with Crippen LogP contribution in [0, 0.1) is 19.8 Å². The van der Waals surface area contributed by atoms with Gasteiger partial charge in [0.1, 0.15) is 5.69 Å². The molecule has 18 heavy (non-hydrogen) atoms. The van der Waals surface area contributed by atoms with Crippen molar-refractivity contribution in [1.29, 1.82) is 0 Å². The van der Waals surface area contributed by atoms with Gasteiger partial charge in [-0.25, -0.2) is 8.42 Å². The Morgan fingerprint density at radius 3 is 2.44 bits per heavy atom. The molecule has 0 saturated carbocycles. The molecule has 0 aromatic carbocycles. The molecular formula is C11H19ClN2O3S. The summed E-state index contributed by atoms with van der Waals surface area (Å²) in [5.74, 6) is 0.554.